The van der Waals surface area contributed by atoms with Gasteiger partial charge in [0.2, 0.25) is 0 Å². The second kappa shape index (κ2) is 5.20. The predicted octanol–water partition coefficient (Wildman–Crippen LogP) is 1.13. The zero-order chi connectivity index (χ0) is 13.1. The van der Waals surface area contributed by atoms with Gasteiger partial charge in [0.25, 0.3) is 5.91 Å². The summed E-state index contributed by atoms with van der Waals surface area (Å²) in [6.45, 7) is 0.548. The van der Waals surface area contributed by atoms with Crippen molar-refractivity contribution in [3.05, 3.63) is 46.7 Å². The second-order valence-electron chi connectivity index (χ2n) is 3.82. The van der Waals surface area contributed by atoms with Crippen molar-refractivity contribution in [2.45, 2.75) is 6.42 Å². The number of rotatable bonds is 4. The lowest BCUT2D eigenvalue weighted by Gasteiger charge is -2.06. The first kappa shape index (κ1) is 12.6. The van der Waals surface area contributed by atoms with Crippen molar-refractivity contribution in [3.8, 4) is 5.69 Å². The third-order valence-electron chi connectivity index (χ3n) is 2.56. The summed E-state index contributed by atoms with van der Waals surface area (Å²) in [6, 6.07) is 7.11. The molecule has 0 aliphatic heterocycles. The maximum absolute atomic E-state index is 11.0. The number of hydrogen-bond acceptors (Lipinski definition) is 3. The summed E-state index contributed by atoms with van der Waals surface area (Å²) in [5.74, 6) is -0.556. The Morgan fingerprint density at radius 2 is 2.17 bits per heavy atom. The monoisotopic (exact) mass is 264 g/mol. The average molecular weight is 265 g/mol. The number of carbonyl (C=O) groups excluding carboxylic acids is 1. The maximum atomic E-state index is 11.0. The van der Waals surface area contributed by atoms with Crippen LogP contribution in [0.4, 0.5) is 0 Å². The Balaban J connectivity index is 2.33. The van der Waals surface area contributed by atoms with E-state index in [-0.39, 0.29) is 5.69 Å². The fourth-order valence-corrected chi connectivity index (χ4v) is 1.91. The first-order valence-electron chi connectivity index (χ1n) is 5.46. The maximum Gasteiger partial charge on any atom is 0.269 e. The molecular formula is C12H13ClN4O. The molecule has 0 saturated heterocycles. The summed E-state index contributed by atoms with van der Waals surface area (Å²) < 4.78 is 1.55. The molecule has 0 saturated carbocycles. The SMILES string of the molecule is NCCc1ccc(-n2ccc(C(N)=O)n2)cc1Cl. The molecule has 6 heteroatoms. The smallest absolute Gasteiger partial charge is 0.269 e. The fraction of sp³-hybridized carbons (Fsp3) is 0.167. The van der Waals surface area contributed by atoms with Gasteiger partial charge in [0.05, 0.1) is 5.69 Å². The van der Waals surface area contributed by atoms with Crippen LogP contribution < -0.4 is 11.5 Å². The standard InChI is InChI=1S/C12H13ClN4O/c13-10-7-9(2-1-8(10)3-5-14)17-6-4-11(16-17)12(15)18/h1-2,4,6-7H,3,5,14H2,(H2,15,18). The van der Waals surface area contributed by atoms with Crippen molar-refractivity contribution in [2.75, 3.05) is 6.54 Å². The number of amides is 1. The van der Waals surface area contributed by atoms with Gasteiger partial charge < -0.3 is 11.5 Å². The molecule has 0 radical (unpaired) electrons. The molecule has 5 nitrogen and oxygen atoms in total. The molecule has 2 aromatic rings. The van der Waals surface area contributed by atoms with Crippen LogP contribution >= 0.6 is 11.6 Å². The number of carbonyl (C=O) groups is 1. The lowest BCUT2D eigenvalue weighted by Crippen LogP contribution is -2.12. The van der Waals surface area contributed by atoms with Crippen molar-refractivity contribution >= 4 is 17.5 Å². The number of halogens is 1. The minimum Gasteiger partial charge on any atom is -0.364 e. The molecule has 0 spiro atoms. The van der Waals surface area contributed by atoms with Gasteiger partial charge in [0, 0.05) is 11.2 Å². The molecule has 94 valence electrons. The van der Waals surface area contributed by atoms with Gasteiger partial charge in [-0.3, -0.25) is 4.79 Å². The van der Waals surface area contributed by atoms with E-state index >= 15 is 0 Å². The van der Waals surface area contributed by atoms with E-state index in [9.17, 15) is 4.79 Å². The minimum absolute atomic E-state index is 0.220. The highest BCUT2D eigenvalue weighted by Gasteiger charge is 2.07. The number of nitrogens with two attached hydrogens (primary N) is 2. The van der Waals surface area contributed by atoms with E-state index in [2.05, 4.69) is 5.10 Å². The summed E-state index contributed by atoms with van der Waals surface area (Å²) in [5, 5.41) is 4.69. The molecule has 1 heterocycles. The highest BCUT2D eigenvalue weighted by molar-refractivity contribution is 6.31. The quantitative estimate of drug-likeness (QED) is 0.868. The zero-order valence-electron chi connectivity index (χ0n) is 9.64. The van der Waals surface area contributed by atoms with Gasteiger partial charge in [-0.2, -0.15) is 5.10 Å². The van der Waals surface area contributed by atoms with Crippen molar-refractivity contribution in [3.63, 3.8) is 0 Å². The summed E-state index contributed by atoms with van der Waals surface area (Å²) >= 11 is 6.14. The van der Waals surface area contributed by atoms with Crippen LogP contribution in [0.3, 0.4) is 0 Å². The van der Waals surface area contributed by atoms with Gasteiger partial charge in [-0.15, -0.1) is 0 Å². The molecule has 1 aromatic heterocycles. The highest BCUT2D eigenvalue weighted by Crippen LogP contribution is 2.20. The Hall–Kier alpha value is -1.85. The van der Waals surface area contributed by atoms with E-state index in [1.807, 2.05) is 12.1 Å². The molecule has 18 heavy (non-hydrogen) atoms. The van der Waals surface area contributed by atoms with Crippen LogP contribution in [0, 0.1) is 0 Å². The zero-order valence-corrected chi connectivity index (χ0v) is 10.4. The molecule has 0 fully saturated rings. The van der Waals surface area contributed by atoms with Gasteiger partial charge in [-0.25, -0.2) is 4.68 Å². The summed E-state index contributed by atoms with van der Waals surface area (Å²) in [4.78, 5) is 11.0. The molecule has 0 aliphatic carbocycles. The molecular weight excluding hydrogens is 252 g/mol. The van der Waals surface area contributed by atoms with Crippen molar-refractivity contribution in [2.24, 2.45) is 11.5 Å². The molecule has 0 bridgehead atoms. The van der Waals surface area contributed by atoms with E-state index in [4.69, 9.17) is 23.1 Å². The Morgan fingerprint density at radius 1 is 1.39 bits per heavy atom. The molecule has 1 amide bonds. The van der Waals surface area contributed by atoms with Crippen LogP contribution in [0.25, 0.3) is 5.69 Å². The molecule has 1 aromatic carbocycles. The lowest BCUT2D eigenvalue weighted by atomic mass is 10.1. The Labute approximate surface area is 109 Å². The third-order valence-corrected chi connectivity index (χ3v) is 2.91. The van der Waals surface area contributed by atoms with Gasteiger partial charge >= 0.3 is 0 Å². The molecule has 2 rings (SSSR count). The topological polar surface area (TPSA) is 86.9 Å². The Bertz CT molecular complexity index is 579. The number of hydrogen-bond donors (Lipinski definition) is 2. The van der Waals surface area contributed by atoms with E-state index < -0.39 is 5.91 Å². The van der Waals surface area contributed by atoms with E-state index in [0.29, 0.717) is 11.6 Å². The van der Waals surface area contributed by atoms with E-state index in [1.165, 1.54) is 0 Å². The first-order valence-corrected chi connectivity index (χ1v) is 5.84. The number of benzene rings is 1. The molecule has 0 unspecified atom stereocenters. The minimum atomic E-state index is -0.556. The molecule has 0 atom stereocenters. The van der Waals surface area contributed by atoms with Gasteiger partial charge in [0.1, 0.15) is 5.69 Å². The Kier molecular flexibility index (Phi) is 3.64. The fourth-order valence-electron chi connectivity index (χ4n) is 1.64. The van der Waals surface area contributed by atoms with Crippen molar-refractivity contribution < 1.29 is 4.79 Å². The largest absolute Gasteiger partial charge is 0.364 e. The van der Waals surface area contributed by atoms with Gasteiger partial charge in [0.15, 0.2) is 0 Å². The van der Waals surface area contributed by atoms with E-state index in [0.717, 1.165) is 17.7 Å². The van der Waals surface area contributed by atoms with Gasteiger partial charge in [-0.05, 0) is 36.7 Å². The van der Waals surface area contributed by atoms with E-state index in [1.54, 1.807) is 23.0 Å². The summed E-state index contributed by atoms with van der Waals surface area (Å²) in [6.07, 6.45) is 2.39. The summed E-state index contributed by atoms with van der Waals surface area (Å²) in [5.41, 5.74) is 12.6. The number of primary amides is 1. The van der Waals surface area contributed by atoms with Crippen molar-refractivity contribution in [1.82, 2.24) is 9.78 Å². The second-order valence-corrected chi connectivity index (χ2v) is 4.23. The Morgan fingerprint density at radius 3 is 2.72 bits per heavy atom. The van der Waals surface area contributed by atoms with Crippen LogP contribution in [-0.2, 0) is 6.42 Å². The van der Waals surface area contributed by atoms with Crippen LogP contribution in [0.1, 0.15) is 16.1 Å². The average Bonchev–Trinajstić information content (AvgIpc) is 2.81. The van der Waals surface area contributed by atoms with Crippen LogP contribution in [0.5, 0.6) is 0 Å². The number of aromatic nitrogens is 2. The van der Waals surface area contributed by atoms with Crippen molar-refractivity contribution in [1.29, 1.82) is 0 Å². The molecule has 0 aliphatic rings. The highest BCUT2D eigenvalue weighted by atomic mass is 35.5. The van der Waals surface area contributed by atoms with Gasteiger partial charge in [-0.1, -0.05) is 17.7 Å². The predicted molar refractivity (Wildman–Crippen MR) is 69.9 cm³/mol. The summed E-state index contributed by atoms with van der Waals surface area (Å²) in [7, 11) is 0. The molecule has 4 N–H and O–H groups in total. The normalized spacial score (nSPS) is 10.6. The van der Waals surface area contributed by atoms with Crippen LogP contribution in [-0.4, -0.2) is 22.2 Å². The third kappa shape index (κ3) is 2.52. The van der Waals surface area contributed by atoms with Crippen LogP contribution in [0.15, 0.2) is 30.5 Å². The van der Waals surface area contributed by atoms with Crippen LogP contribution in [0.2, 0.25) is 5.02 Å². The number of nitrogens with zero attached hydrogens (tertiary/aromatic N) is 2. The first-order chi connectivity index (χ1) is 8.61. The lowest BCUT2D eigenvalue weighted by molar-refractivity contribution is 0.0995.